The van der Waals surface area contributed by atoms with Crippen molar-refractivity contribution in [2.45, 2.75) is 37.8 Å². The van der Waals surface area contributed by atoms with Crippen molar-refractivity contribution in [2.75, 3.05) is 12.3 Å². The van der Waals surface area contributed by atoms with Crippen LogP contribution < -0.4 is 0 Å². The van der Waals surface area contributed by atoms with Gasteiger partial charge in [0.2, 0.25) is 10.0 Å². The van der Waals surface area contributed by atoms with Gasteiger partial charge in [0.25, 0.3) is 0 Å². The van der Waals surface area contributed by atoms with Gasteiger partial charge in [0.1, 0.15) is 10.7 Å². The van der Waals surface area contributed by atoms with Crippen LogP contribution in [-0.4, -0.2) is 53.3 Å². The summed E-state index contributed by atoms with van der Waals surface area (Å²) in [7, 11) is -3.35. The van der Waals surface area contributed by atoms with Gasteiger partial charge in [-0.3, -0.25) is 0 Å². The monoisotopic (exact) mass is 453 g/mol. The van der Waals surface area contributed by atoms with Gasteiger partial charge in [0, 0.05) is 23.9 Å². The van der Waals surface area contributed by atoms with Crippen molar-refractivity contribution < 1.29 is 27.8 Å². The average Bonchev–Trinajstić information content (AvgIpc) is 3.25. The number of aliphatic hydroxyl groups excluding tert-OH is 1. The number of hydrogen-bond donors (Lipinski definition) is 2. The number of carboxylic acid groups (broad SMARTS) is 1. The van der Waals surface area contributed by atoms with E-state index in [0.717, 1.165) is 4.88 Å². The molecule has 1 saturated heterocycles. The van der Waals surface area contributed by atoms with E-state index in [1.165, 1.54) is 27.8 Å². The van der Waals surface area contributed by atoms with Crippen LogP contribution in [0.3, 0.4) is 0 Å². The summed E-state index contributed by atoms with van der Waals surface area (Å²) in [5.41, 5.74) is 0.666. The van der Waals surface area contributed by atoms with Gasteiger partial charge < -0.3 is 10.2 Å². The Morgan fingerprint density at radius 3 is 2.83 bits per heavy atom. The molecule has 0 aliphatic carbocycles. The minimum absolute atomic E-state index is 0.0597. The van der Waals surface area contributed by atoms with Crippen LogP contribution in [0, 0.1) is 5.82 Å². The van der Waals surface area contributed by atoms with Crippen LogP contribution in [0.1, 0.15) is 33.0 Å². The second-order valence-corrected chi connectivity index (χ2v) is 10.5. The highest BCUT2D eigenvalue weighted by atomic mass is 32.2. The molecule has 0 radical (unpaired) electrons. The lowest BCUT2D eigenvalue weighted by atomic mass is 10.1. The summed E-state index contributed by atoms with van der Waals surface area (Å²) in [6, 6.07) is 9.00. The normalized spacial score (nSPS) is 20.0. The van der Waals surface area contributed by atoms with E-state index < -0.39 is 22.1 Å². The smallest absolute Gasteiger partial charge is 0.345 e. The molecule has 1 aliphatic rings. The quantitative estimate of drug-likeness (QED) is 0.569. The number of hydrogen-bond acceptors (Lipinski definition) is 5. The summed E-state index contributed by atoms with van der Waals surface area (Å²) in [6.45, 7) is 0.331. The molecule has 1 fully saturated rings. The minimum Gasteiger partial charge on any atom is -0.477 e. The zero-order valence-electron chi connectivity index (χ0n) is 16.3. The van der Waals surface area contributed by atoms with Gasteiger partial charge in [0.05, 0.1) is 11.9 Å². The van der Waals surface area contributed by atoms with Gasteiger partial charge in [-0.05, 0) is 49.1 Å². The first-order chi connectivity index (χ1) is 14.2. The Balaban J connectivity index is 1.56. The number of aliphatic hydroxyl groups is 1. The molecule has 2 aromatic rings. The lowest BCUT2D eigenvalue weighted by Crippen LogP contribution is -2.33. The number of thiophene rings is 1. The van der Waals surface area contributed by atoms with Crippen molar-refractivity contribution in [3.8, 4) is 0 Å². The van der Waals surface area contributed by atoms with Crippen LogP contribution in [-0.2, 0) is 22.9 Å². The fourth-order valence-corrected chi connectivity index (χ4v) is 6.16. The Morgan fingerprint density at radius 1 is 1.33 bits per heavy atom. The van der Waals surface area contributed by atoms with Gasteiger partial charge in [-0.15, -0.1) is 11.3 Å². The number of aryl methyl sites for hydroxylation is 1. The van der Waals surface area contributed by atoms with E-state index in [2.05, 4.69) is 0 Å². The fourth-order valence-electron chi connectivity index (χ4n) is 3.50. The van der Waals surface area contributed by atoms with Gasteiger partial charge in [-0.2, -0.15) is 4.31 Å². The summed E-state index contributed by atoms with van der Waals surface area (Å²) >= 11 is 1.20. The highest BCUT2D eigenvalue weighted by Gasteiger charge is 2.35. The molecule has 1 aromatic heterocycles. The summed E-state index contributed by atoms with van der Waals surface area (Å²) < 4.78 is 39.5. The van der Waals surface area contributed by atoms with Crippen molar-refractivity contribution in [3.63, 3.8) is 0 Å². The molecule has 2 heterocycles. The number of carbonyl (C=O) groups is 1. The Bertz CT molecular complexity index is 1020. The number of benzene rings is 1. The van der Waals surface area contributed by atoms with Crippen LogP contribution in [0.5, 0.6) is 0 Å². The molecule has 1 aliphatic heterocycles. The average molecular weight is 454 g/mol. The fraction of sp³-hybridized carbons (Fsp3) is 0.381. The Morgan fingerprint density at radius 2 is 2.13 bits per heavy atom. The third-order valence-corrected chi connectivity index (χ3v) is 8.01. The lowest BCUT2D eigenvalue weighted by Gasteiger charge is -2.20. The molecule has 1 aromatic carbocycles. The van der Waals surface area contributed by atoms with Crippen molar-refractivity contribution in [2.24, 2.45) is 0 Å². The van der Waals surface area contributed by atoms with Gasteiger partial charge in [-0.25, -0.2) is 17.6 Å². The van der Waals surface area contributed by atoms with Crippen LogP contribution >= 0.6 is 11.3 Å². The van der Waals surface area contributed by atoms with Crippen LogP contribution in [0.15, 0.2) is 48.6 Å². The third-order valence-electron chi connectivity index (χ3n) is 4.96. The highest BCUT2D eigenvalue weighted by molar-refractivity contribution is 7.89. The SMILES string of the molecule is O=C(O)c1ccc(CCCN2[C@@H](/C=C/C(O)Cc3cccc(F)c3)CCS2(=O)=O)s1. The Hall–Kier alpha value is -2.07. The maximum Gasteiger partial charge on any atom is 0.345 e. The lowest BCUT2D eigenvalue weighted by molar-refractivity contribution is 0.0702. The zero-order chi connectivity index (χ0) is 21.7. The largest absolute Gasteiger partial charge is 0.477 e. The molecule has 3 rings (SSSR count). The molecule has 30 heavy (non-hydrogen) atoms. The van der Waals surface area contributed by atoms with E-state index in [0.29, 0.717) is 31.4 Å². The molecular weight excluding hydrogens is 429 g/mol. The molecule has 0 amide bonds. The van der Waals surface area contributed by atoms with E-state index >= 15 is 0 Å². The van der Waals surface area contributed by atoms with E-state index in [9.17, 15) is 22.7 Å². The number of rotatable bonds is 9. The molecule has 1 unspecified atom stereocenters. The predicted molar refractivity (Wildman–Crippen MR) is 114 cm³/mol. The topological polar surface area (TPSA) is 94.9 Å². The Labute approximate surface area is 179 Å². The van der Waals surface area contributed by atoms with Crippen molar-refractivity contribution in [1.29, 1.82) is 0 Å². The minimum atomic E-state index is -3.35. The van der Waals surface area contributed by atoms with E-state index in [1.807, 2.05) is 0 Å². The maximum atomic E-state index is 13.3. The van der Waals surface area contributed by atoms with E-state index in [4.69, 9.17) is 5.11 Å². The molecule has 0 bridgehead atoms. The molecule has 2 N–H and O–H groups in total. The van der Waals surface area contributed by atoms with Crippen LogP contribution in [0.4, 0.5) is 4.39 Å². The summed E-state index contributed by atoms with van der Waals surface area (Å²) in [5, 5.41) is 19.2. The number of sulfonamides is 1. The molecule has 2 atom stereocenters. The van der Waals surface area contributed by atoms with Crippen LogP contribution in [0.25, 0.3) is 0 Å². The molecular formula is C21H24FNO5S2. The number of carboxylic acids is 1. The van der Waals surface area contributed by atoms with Gasteiger partial charge in [-0.1, -0.05) is 24.3 Å². The van der Waals surface area contributed by atoms with Crippen molar-refractivity contribution >= 4 is 27.3 Å². The van der Waals surface area contributed by atoms with E-state index in [-0.39, 0.29) is 28.9 Å². The second kappa shape index (κ2) is 9.82. The molecule has 9 heteroatoms. The second-order valence-electron chi connectivity index (χ2n) is 7.24. The van der Waals surface area contributed by atoms with Gasteiger partial charge >= 0.3 is 5.97 Å². The van der Waals surface area contributed by atoms with Crippen molar-refractivity contribution in [1.82, 2.24) is 4.31 Å². The predicted octanol–water partition coefficient (Wildman–Crippen LogP) is 3.08. The molecule has 162 valence electrons. The number of aromatic carboxylic acids is 1. The number of halogens is 1. The summed E-state index contributed by atoms with van der Waals surface area (Å²) in [6.07, 6.45) is 4.32. The standard InChI is InChI=1S/C21H24FNO5S2/c22-16-4-1-3-15(13-16)14-18(24)7-6-17-10-12-30(27,28)23(17)11-2-5-19-8-9-20(29-19)21(25)26/h1,3-4,6-9,13,17-18,24H,2,5,10-12,14H2,(H,25,26)/b7-6+/t17-,18?/m0/s1. The maximum absolute atomic E-state index is 13.3. The third kappa shape index (κ3) is 5.98. The highest BCUT2D eigenvalue weighted by Crippen LogP contribution is 2.24. The number of nitrogens with zero attached hydrogens (tertiary/aromatic N) is 1. The first-order valence-electron chi connectivity index (χ1n) is 9.67. The first-order valence-corrected chi connectivity index (χ1v) is 12.1. The zero-order valence-corrected chi connectivity index (χ0v) is 17.9. The summed E-state index contributed by atoms with van der Waals surface area (Å²) in [4.78, 5) is 12.1. The molecule has 0 spiro atoms. The van der Waals surface area contributed by atoms with Gasteiger partial charge in [0.15, 0.2) is 0 Å². The van der Waals surface area contributed by atoms with Crippen LogP contribution in [0.2, 0.25) is 0 Å². The Kier molecular flexibility index (Phi) is 7.41. The van der Waals surface area contributed by atoms with Crippen molar-refractivity contribution in [3.05, 3.63) is 69.7 Å². The van der Waals surface area contributed by atoms with E-state index in [1.54, 1.807) is 36.4 Å². The molecule has 0 saturated carbocycles. The molecule has 6 nitrogen and oxygen atoms in total. The first kappa shape index (κ1) is 22.6. The summed E-state index contributed by atoms with van der Waals surface area (Å²) in [5.74, 6) is -1.27.